The van der Waals surface area contributed by atoms with Gasteiger partial charge in [0.05, 0.1) is 7.11 Å². The Bertz CT molecular complexity index is 969. The van der Waals surface area contributed by atoms with E-state index in [4.69, 9.17) is 9.15 Å². The van der Waals surface area contributed by atoms with E-state index in [1.54, 1.807) is 25.1 Å². The van der Waals surface area contributed by atoms with Gasteiger partial charge >= 0.3 is 5.63 Å². The summed E-state index contributed by atoms with van der Waals surface area (Å²) in [5, 5.41) is 3.86. The van der Waals surface area contributed by atoms with Gasteiger partial charge < -0.3 is 14.5 Å². The third-order valence-corrected chi connectivity index (χ3v) is 4.08. The van der Waals surface area contributed by atoms with Crippen molar-refractivity contribution in [1.29, 1.82) is 0 Å². The molecule has 3 rings (SSSR count). The molecule has 1 aromatic heterocycles. The summed E-state index contributed by atoms with van der Waals surface area (Å²) in [7, 11) is 1.53. The number of nitrogens with one attached hydrogen (secondary N) is 1. The highest BCUT2D eigenvalue weighted by Crippen LogP contribution is 2.24. The lowest BCUT2D eigenvalue weighted by Gasteiger charge is -2.16. The molecule has 0 bridgehead atoms. The van der Waals surface area contributed by atoms with Crippen LogP contribution in [0.5, 0.6) is 5.75 Å². The van der Waals surface area contributed by atoms with E-state index >= 15 is 0 Å². The van der Waals surface area contributed by atoms with Crippen LogP contribution in [-0.2, 0) is 6.54 Å². The fourth-order valence-corrected chi connectivity index (χ4v) is 2.71. The normalized spacial score (nSPS) is 12.3. The lowest BCUT2D eigenvalue weighted by atomic mass is 10.1. The molecule has 4 nitrogen and oxygen atoms in total. The average molecular weight is 345 g/mol. The van der Waals surface area contributed by atoms with E-state index in [9.17, 15) is 13.6 Å². The summed E-state index contributed by atoms with van der Waals surface area (Å²) in [6.07, 6.45) is 0. The molecule has 25 heavy (non-hydrogen) atoms. The highest BCUT2D eigenvalue weighted by Gasteiger charge is 2.15. The second-order valence-electron chi connectivity index (χ2n) is 5.70. The van der Waals surface area contributed by atoms with Gasteiger partial charge in [-0.1, -0.05) is 12.1 Å². The first-order valence-electron chi connectivity index (χ1n) is 7.77. The lowest BCUT2D eigenvalue weighted by molar-refractivity contribution is 0.414. The number of fused-ring (bicyclic) bond motifs is 1. The smallest absolute Gasteiger partial charge is 0.336 e. The van der Waals surface area contributed by atoms with E-state index in [1.807, 2.05) is 0 Å². The Labute approximate surface area is 143 Å². The molecule has 0 fully saturated rings. The van der Waals surface area contributed by atoms with Crippen molar-refractivity contribution in [1.82, 2.24) is 5.32 Å². The molecular formula is C19H17F2NO3. The fourth-order valence-electron chi connectivity index (χ4n) is 2.71. The van der Waals surface area contributed by atoms with E-state index in [2.05, 4.69) is 5.32 Å². The van der Waals surface area contributed by atoms with E-state index in [-0.39, 0.29) is 5.56 Å². The van der Waals surface area contributed by atoms with Crippen LogP contribution in [0, 0.1) is 11.6 Å². The molecule has 1 atom stereocenters. The summed E-state index contributed by atoms with van der Waals surface area (Å²) in [6.45, 7) is 2.03. The van der Waals surface area contributed by atoms with Gasteiger partial charge in [-0.15, -0.1) is 0 Å². The molecule has 6 heteroatoms. The zero-order valence-corrected chi connectivity index (χ0v) is 13.8. The molecule has 1 heterocycles. The van der Waals surface area contributed by atoms with Crippen LogP contribution in [0.15, 0.2) is 51.7 Å². The maximum atomic E-state index is 13.9. The minimum absolute atomic E-state index is 0.231. The van der Waals surface area contributed by atoms with Gasteiger partial charge in [0.25, 0.3) is 0 Å². The predicted octanol–water partition coefficient (Wildman–Crippen LogP) is 3.93. The van der Waals surface area contributed by atoms with Crippen molar-refractivity contribution < 1.29 is 17.9 Å². The van der Waals surface area contributed by atoms with Crippen LogP contribution in [0.2, 0.25) is 0 Å². The summed E-state index contributed by atoms with van der Waals surface area (Å²) in [5.41, 5.74) is 0.863. The standard InChI is InChI=1S/C19H17F2NO3/c1-11(14-4-3-5-16(20)19(14)21)22-10-12-8-18(23)25-17-9-13(24-2)6-7-15(12)17/h3-9,11,22H,10H2,1-2H3. The zero-order valence-electron chi connectivity index (χ0n) is 13.8. The van der Waals surface area contributed by atoms with Crippen LogP contribution in [0.4, 0.5) is 8.78 Å². The van der Waals surface area contributed by atoms with Crippen molar-refractivity contribution in [3.05, 3.63) is 75.6 Å². The summed E-state index contributed by atoms with van der Waals surface area (Å²) in [5.74, 6) is -1.18. The molecule has 0 spiro atoms. The maximum absolute atomic E-state index is 13.9. The number of benzene rings is 2. The number of methoxy groups -OCH3 is 1. The summed E-state index contributed by atoms with van der Waals surface area (Å²) in [6, 6.07) is 10.2. The first kappa shape index (κ1) is 17.1. The monoisotopic (exact) mass is 345 g/mol. The van der Waals surface area contributed by atoms with Gasteiger partial charge in [0.2, 0.25) is 0 Å². The van der Waals surface area contributed by atoms with Crippen molar-refractivity contribution >= 4 is 11.0 Å². The third-order valence-electron chi connectivity index (χ3n) is 4.08. The molecule has 0 aliphatic rings. The molecule has 2 aromatic carbocycles. The van der Waals surface area contributed by atoms with E-state index in [0.29, 0.717) is 23.4 Å². The lowest BCUT2D eigenvalue weighted by Crippen LogP contribution is -2.20. The predicted molar refractivity (Wildman–Crippen MR) is 90.6 cm³/mol. The first-order valence-corrected chi connectivity index (χ1v) is 7.77. The Morgan fingerprint density at radius 1 is 1.20 bits per heavy atom. The third kappa shape index (κ3) is 3.53. The van der Waals surface area contributed by atoms with Gasteiger partial charge in [-0.05, 0) is 30.7 Å². The number of halogens is 2. The van der Waals surface area contributed by atoms with Crippen molar-refractivity contribution in [2.45, 2.75) is 19.5 Å². The maximum Gasteiger partial charge on any atom is 0.336 e. The van der Waals surface area contributed by atoms with E-state index < -0.39 is 23.3 Å². The molecular weight excluding hydrogens is 328 g/mol. The SMILES string of the molecule is COc1ccc2c(CNC(C)c3cccc(F)c3F)cc(=O)oc2c1. The summed E-state index contributed by atoms with van der Waals surface area (Å²) in [4.78, 5) is 11.8. The molecule has 1 unspecified atom stereocenters. The summed E-state index contributed by atoms with van der Waals surface area (Å²) >= 11 is 0. The highest BCUT2D eigenvalue weighted by atomic mass is 19.2. The van der Waals surface area contributed by atoms with Crippen LogP contribution < -0.4 is 15.7 Å². The molecule has 0 saturated heterocycles. The zero-order chi connectivity index (χ0) is 18.0. The molecule has 0 amide bonds. The quantitative estimate of drug-likeness (QED) is 0.712. The van der Waals surface area contributed by atoms with Crippen LogP contribution in [0.1, 0.15) is 24.1 Å². The first-order chi connectivity index (χ1) is 12.0. The largest absolute Gasteiger partial charge is 0.497 e. The van der Waals surface area contributed by atoms with Gasteiger partial charge in [-0.2, -0.15) is 0 Å². The van der Waals surface area contributed by atoms with Crippen molar-refractivity contribution in [3.8, 4) is 5.75 Å². The van der Waals surface area contributed by atoms with Gasteiger partial charge in [0.15, 0.2) is 11.6 Å². The molecule has 0 radical (unpaired) electrons. The molecule has 1 N–H and O–H groups in total. The van der Waals surface area contributed by atoms with E-state index in [1.165, 1.54) is 25.3 Å². The second kappa shape index (κ2) is 7.03. The van der Waals surface area contributed by atoms with Crippen LogP contribution >= 0.6 is 0 Å². The molecule has 130 valence electrons. The topological polar surface area (TPSA) is 51.5 Å². The minimum atomic E-state index is -0.885. The Morgan fingerprint density at radius 3 is 2.76 bits per heavy atom. The van der Waals surface area contributed by atoms with Gasteiger partial charge in [0.1, 0.15) is 11.3 Å². The number of rotatable bonds is 5. The van der Waals surface area contributed by atoms with E-state index in [0.717, 1.165) is 11.5 Å². The molecule has 0 aliphatic heterocycles. The summed E-state index contributed by atoms with van der Waals surface area (Å²) < 4.78 is 37.6. The van der Waals surface area contributed by atoms with Crippen LogP contribution in [0.3, 0.4) is 0 Å². The Balaban J connectivity index is 1.88. The Kier molecular flexibility index (Phi) is 4.81. The highest BCUT2D eigenvalue weighted by molar-refractivity contribution is 5.81. The minimum Gasteiger partial charge on any atom is -0.497 e. The Hall–Kier alpha value is -2.73. The van der Waals surface area contributed by atoms with Crippen molar-refractivity contribution in [3.63, 3.8) is 0 Å². The van der Waals surface area contributed by atoms with Gasteiger partial charge in [-0.25, -0.2) is 13.6 Å². The van der Waals surface area contributed by atoms with Gasteiger partial charge in [-0.3, -0.25) is 0 Å². The van der Waals surface area contributed by atoms with Crippen LogP contribution in [-0.4, -0.2) is 7.11 Å². The second-order valence-corrected chi connectivity index (χ2v) is 5.70. The fraction of sp³-hybridized carbons (Fsp3) is 0.211. The number of ether oxygens (including phenoxy) is 1. The molecule has 3 aromatic rings. The molecule has 0 aliphatic carbocycles. The van der Waals surface area contributed by atoms with Crippen molar-refractivity contribution in [2.75, 3.05) is 7.11 Å². The Morgan fingerprint density at radius 2 is 2.00 bits per heavy atom. The number of hydrogen-bond acceptors (Lipinski definition) is 4. The number of hydrogen-bond donors (Lipinski definition) is 1. The van der Waals surface area contributed by atoms with Gasteiger partial charge in [0, 0.05) is 35.7 Å². The molecule has 0 saturated carbocycles. The average Bonchev–Trinajstić information content (AvgIpc) is 2.60. The van der Waals surface area contributed by atoms with Crippen LogP contribution in [0.25, 0.3) is 11.0 Å². The van der Waals surface area contributed by atoms with Crippen molar-refractivity contribution in [2.24, 2.45) is 0 Å².